The van der Waals surface area contributed by atoms with Crippen LogP contribution in [0, 0.1) is 24.0 Å². The molecule has 0 aliphatic rings. The van der Waals surface area contributed by atoms with E-state index in [1.165, 1.54) is 16.0 Å². The molecule has 8 nitrogen and oxygen atoms in total. The fourth-order valence-corrected chi connectivity index (χ4v) is 3.17. The standard InChI is InChI=1S/C14H13N5O3S/c1-7-4-5-9-10(6-7)23-14(15-9)16-13(20)11-12(19(21)22)8(2)18(3)17-11/h4-6H,1-3H3,(H,15,16,20). The normalized spacial score (nSPS) is 10.9. The summed E-state index contributed by atoms with van der Waals surface area (Å²) in [5.41, 5.74) is 1.67. The molecule has 9 heteroatoms. The summed E-state index contributed by atoms with van der Waals surface area (Å²) >= 11 is 1.31. The van der Waals surface area contributed by atoms with Gasteiger partial charge in [-0.25, -0.2) is 4.98 Å². The minimum atomic E-state index is -0.642. The molecule has 2 aromatic heterocycles. The molecule has 1 N–H and O–H groups in total. The van der Waals surface area contributed by atoms with Gasteiger partial charge in [-0.3, -0.25) is 24.9 Å². The Labute approximate surface area is 134 Å². The summed E-state index contributed by atoms with van der Waals surface area (Å²) in [6.45, 7) is 3.51. The first-order chi connectivity index (χ1) is 10.9. The van der Waals surface area contributed by atoms with E-state index in [1.807, 2.05) is 25.1 Å². The van der Waals surface area contributed by atoms with Crippen LogP contribution < -0.4 is 5.32 Å². The van der Waals surface area contributed by atoms with E-state index < -0.39 is 10.8 Å². The summed E-state index contributed by atoms with van der Waals surface area (Å²) in [5.74, 6) is -0.642. The van der Waals surface area contributed by atoms with Gasteiger partial charge in [0.2, 0.25) is 5.69 Å². The number of nitro groups is 1. The van der Waals surface area contributed by atoms with Crippen LogP contribution >= 0.6 is 11.3 Å². The van der Waals surface area contributed by atoms with Crippen LogP contribution in [0.15, 0.2) is 18.2 Å². The quantitative estimate of drug-likeness (QED) is 0.587. The van der Waals surface area contributed by atoms with Gasteiger partial charge >= 0.3 is 5.69 Å². The topological polar surface area (TPSA) is 103 Å². The van der Waals surface area contributed by atoms with E-state index in [4.69, 9.17) is 0 Å². The molecular weight excluding hydrogens is 318 g/mol. The van der Waals surface area contributed by atoms with E-state index in [1.54, 1.807) is 14.0 Å². The zero-order valence-corrected chi connectivity index (χ0v) is 13.5. The Bertz CT molecular complexity index is 943. The van der Waals surface area contributed by atoms with Crippen LogP contribution in [0.4, 0.5) is 10.8 Å². The zero-order chi connectivity index (χ0) is 16.7. The van der Waals surface area contributed by atoms with E-state index in [-0.39, 0.29) is 11.4 Å². The van der Waals surface area contributed by atoms with Gasteiger partial charge in [-0.2, -0.15) is 5.10 Å². The average Bonchev–Trinajstić information content (AvgIpc) is 2.99. The lowest BCUT2D eigenvalue weighted by molar-refractivity contribution is -0.385. The van der Waals surface area contributed by atoms with Crippen molar-refractivity contribution in [2.75, 3.05) is 5.32 Å². The molecule has 1 amide bonds. The van der Waals surface area contributed by atoms with Gasteiger partial charge in [-0.1, -0.05) is 17.4 Å². The molecular formula is C14H13N5O3S. The maximum absolute atomic E-state index is 12.3. The second kappa shape index (κ2) is 5.43. The van der Waals surface area contributed by atoms with Crippen molar-refractivity contribution < 1.29 is 9.72 Å². The molecule has 0 radical (unpaired) electrons. The molecule has 3 aromatic rings. The van der Waals surface area contributed by atoms with E-state index in [0.717, 1.165) is 15.8 Å². The first-order valence-corrected chi connectivity index (χ1v) is 7.55. The molecule has 1 aromatic carbocycles. The van der Waals surface area contributed by atoms with Gasteiger partial charge in [-0.15, -0.1) is 0 Å². The number of aryl methyl sites for hydroxylation is 2. The fourth-order valence-electron chi connectivity index (χ4n) is 2.21. The Morgan fingerprint density at radius 2 is 2.13 bits per heavy atom. The van der Waals surface area contributed by atoms with Gasteiger partial charge < -0.3 is 0 Å². The van der Waals surface area contributed by atoms with Crippen molar-refractivity contribution in [1.82, 2.24) is 14.8 Å². The maximum Gasteiger partial charge on any atom is 0.322 e. The predicted molar refractivity (Wildman–Crippen MR) is 86.9 cm³/mol. The van der Waals surface area contributed by atoms with Gasteiger partial charge in [0.25, 0.3) is 5.91 Å². The van der Waals surface area contributed by atoms with Crippen molar-refractivity contribution in [2.45, 2.75) is 13.8 Å². The van der Waals surface area contributed by atoms with Crippen LogP contribution in [-0.2, 0) is 7.05 Å². The van der Waals surface area contributed by atoms with Crippen molar-refractivity contribution in [2.24, 2.45) is 7.05 Å². The summed E-state index contributed by atoms with van der Waals surface area (Å²) in [5, 5.41) is 18.1. The molecule has 0 aliphatic heterocycles. The second-order valence-corrected chi connectivity index (χ2v) is 6.14. The number of nitrogens with one attached hydrogen (secondary N) is 1. The van der Waals surface area contributed by atoms with Crippen LogP contribution in [0.1, 0.15) is 21.7 Å². The van der Waals surface area contributed by atoms with E-state index in [0.29, 0.717) is 10.8 Å². The number of anilines is 1. The molecule has 0 saturated carbocycles. The first kappa shape index (κ1) is 15.1. The summed E-state index contributed by atoms with van der Waals surface area (Å²) in [7, 11) is 1.56. The monoisotopic (exact) mass is 331 g/mol. The highest BCUT2D eigenvalue weighted by Gasteiger charge is 2.29. The fraction of sp³-hybridized carbons (Fsp3) is 0.214. The Kier molecular flexibility index (Phi) is 3.57. The number of hydrogen-bond acceptors (Lipinski definition) is 6. The molecule has 0 saturated heterocycles. The number of aromatic nitrogens is 3. The number of carbonyl (C=O) groups is 1. The van der Waals surface area contributed by atoms with E-state index >= 15 is 0 Å². The molecule has 0 bridgehead atoms. The SMILES string of the molecule is Cc1ccc2nc(NC(=O)c3nn(C)c(C)c3[N+](=O)[O-])sc2c1. The Hall–Kier alpha value is -2.81. The summed E-state index contributed by atoms with van der Waals surface area (Å²) in [6, 6.07) is 5.76. The number of amides is 1. The number of carbonyl (C=O) groups excluding carboxylic acids is 1. The van der Waals surface area contributed by atoms with Crippen molar-refractivity contribution >= 4 is 38.3 Å². The van der Waals surface area contributed by atoms with E-state index in [9.17, 15) is 14.9 Å². The third-order valence-electron chi connectivity index (χ3n) is 3.46. The lowest BCUT2D eigenvalue weighted by atomic mass is 10.2. The Balaban J connectivity index is 1.95. The van der Waals surface area contributed by atoms with Crippen LogP contribution in [0.25, 0.3) is 10.2 Å². The van der Waals surface area contributed by atoms with Gasteiger partial charge in [0.1, 0.15) is 5.69 Å². The van der Waals surface area contributed by atoms with Crippen LogP contribution in [0.2, 0.25) is 0 Å². The average molecular weight is 331 g/mol. The highest BCUT2D eigenvalue weighted by Crippen LogP contribution is 2.28. The summed E-state index contributed by atoms with van der Waals surface area (Å²) in [4.78, 5) is 27.2. The second-order valence-electron chi connectivity index (χ2n) is 5.11. The molecule has 0 fully saturated rings. The van der Waals surface area contributed by atoms with Crippen molar-refractivity contribution in [3.8, 4) is 0 Å². The minimum Gasteiger partial charge on any atom is -0.296 e. The van der Waals surface area contributed by atoms with Gasteiger partial charge in [0.05, 0.1) is 15.1 Å². The van der Waals surface area contributed by atoms with Gasteiger partial charge in [0.15, 0.2) is 5.13 Å². The van der Waals surface area contributed by atoms with Gasteiger partial charge in [0, 0.05) is 7.05 Å². The lowest BCUT2D eigenvalue weighted by Gasteiger charge is -1.97. The molecule has 23 heavy (non-hydrogen) atoms. The molecule has 3 rings (SSSR count). The smallest absolute Gasteiger partial charge is 0.296 e. The zero-order valence-electron chi connectivity index (χ0n) is 12.7. The van der Waals surface area contributed by atoms with E-state index in [2.05, 4.69) is 15.4 Å². The van der Waals surface area contributed by atoms with Crippen LogP contribution in [0.3, 0.4) is 0 Å². The highest BCUT2D eigenvalue weighted by molar-refractivity contribution is 7.22. The number of nitrogens with zero attached hydrogens (tertiary/aromatic N) is 4. The van der Waals surface area contributed by atoms with Crippen molar-refractivity contribution in [3.63, 3.8) is 0 Å². The van der Waals surface area contributed by atoms with Crippen LogP contribution in [0.5, 0.6) is 0 Å². The summed E-state index contributed by atoms with van der Waals surface area (Å²) in [6.07, 6.45) is 0. The molecule has 118 valence electrons. The third-order valence-corrected chi connectivity index (χ3v) is 4.40. The number of hydrogen-bond donors (Lipinski definition) is 1. The molecule has 0 atom stereocenters. The van der Waals surface area contributed by atoms with Gasteiger partial charge in [-0.05, 0) is 31.5 Å². The largest absolute Gasteiger partial charge is 0.322 e. The molecule has 0 spiro atoms. The molecule has 0 unspecified atom stereocenters. The lowest BCUT2D eigenvalue weighted by Crippen LogP contribution is -2.14. The third kappa shape index (κ3) is 2.66. The maximum atomic E-state index is 12.3. The van der Waals surface area contributed by atoms with Crippen molar-refractivity contribution in [1.29, 1.82) is 0 Å². The minimum absolute atomic E-state index is 0.217. The molecule has 2 heterocycles. The Morgan fingerprint density at radius 1 is 1.39 bits per heavy atom. The first-order valence-electron chi connectivity index (χ1n) is 6.73. The highest BCUT2D eigenvalue weighted by atomic mass is 32.1. The van der Waals surface area contributed by atoms with Crippen LogP contribution in [-0.4, -0.2) is 25.6 Å². The Morgan fingerprint density at radius 3 is 2.83 bits per heavy atom. The number of thiazole rings is 1. The predicted octanol–water partition coefficient (Wildman–Crippen LogP) is 2.81. The summed E-state index contributed by atoms with van der Waals surface area (Å²) < 4.78 is 2.25. The molecule has 0 aliphatic carbocycles. The number of rotatable bonds is 3. The number of benzene rings is 1. The van der Waals surface area contributed by atoms with Crippen molar-refractivity contribution in [3.05, 3.63) is 45.3 Å². The number of fused-ring (bicyclic) bond motifs is 1.